The van der Waals surface area contributed by atoms with Crippen molar-refractivity contribution in [3.05, 3.63) is 35.9 Å². The highest BCUT2D eigenvalue weighted by Gasteiger charge is 2.20. The van der Waals surface area contributed by atoms with Crippen LogP contribution in [0.4, 0.5) is 0 Å². The van der Waals surface area contributed by atoms with Crippen LogP contribution in [-0.4, -0.2) is 36.9 Å². The number of nitrogens with two attached hydrogens (primary N) is 2. The number of carbonyl (C=O) groups excluding carboxylic acids is 3. The maximum Gasteiger partial charge on any atom is 0.256 e. The van der Waals surface area contributed by atoms with Gasteiger partial charge in [-0.05, 0) is 5.56 Å². The average molecular weight is 307 g/mol. The number of benzene rings is 1. The molecule has 0 saturated heterocycles. The zero-order valence-electron chi connectivity index (χ0n) is 12.2. The number of hydrogen-bond acceptors (Lipinski definition) is 5. The van der Waals surface area contributed by atoms with Gasteiger partial charge < -0.3 is 16.4 Å². The third kappa shape index (κ3) is 6.33. The molecule has 1 rings (SSSR count). The van der Waals surface area contributed by atoms with Gasteiger partial charge in [-0.25, -0.2) is 5.84 Å². The Kier molecular flexibility index (Phi) is 7.58. The highest BCUT2D eigenvalue weighted by molar-refractivity contribution is 5.90. The second-order valence-electron chi connectivity index (χ2n) is 4.63. The first-order valence-electron chi connectivity index (χ1n) is 6.87. The molecule has 22 heavy (non-hydrogen) atoms. The molecule has 120 valence electrons. The summed E-state index contributed by atoms with van der Waals surface area (Å²) < 4.78 is 0. The maximum atomic E-state index is 11.8. The summed E-state index contributed by atoms with van der Waals surface area (Å²) >= 11 is 0. The van der Waals surface area contributed by atoms with Gasteiger partial charge in [-0.3, -0.25) is 19.8 Å². The average Bonchev–Trinajstić information content (AvgIpc) is 2.53. The van der Waals surface area contributed by atoms with Crippen LogP contribution in [0.25, 0.3) is 0 Å². The molecule has 1 aromatic rings. The largest absolute Gasteiger partial charge is 0.347 e. The number of amides is 3. The zero-order chi connectivity index (χ0) is 16.4. The summed E-state index contributed by atoms with van der Waals surface area (Å²) in [6.45, 7) is -0.0123. The number of hydrazine groups is 1. The molecule has 0 fully saturated rings. The Labute approximate surface area is 128 Å². The Hall–Kier alpha value is -2.45. The molecular weight excluding hydrogens is 286 g/mol. The molecular formula is C14H21N5O3. The van der Waals surface area contributed by atoms with Crippen molar-refractivity contribution in [1.82, 2.24) is 16.1 Å². The molecule has 1 unspecified atom stereocenters. The fraction of sp³-hybridized carbons (Fsp3) is 0.357. The SMILES string of the molecule is NCCC(=O)NCC(=O)NC(Cc1ccccc1)C(=O)NN. The van der Waals surface area contributed by atoms with Crippen molar-refractivity contribution in [3.63, 3.8) is 0 Å². The normalized spacial score (nSPS) is 11.4. The monoisotopic (exact) mass is 307 g/mol. The molecule has 0 aromatic heterocycles. The molecule has 0 saturated carbocycles. The van der Waals surface area contributed by atoms with Crippen molar-refractivity contribution in [2.24, 2.45) is 11.6 Å². The van der Waals surface area contributed by atoms with Gasteiger partial charge in [0, 0.05) is 19.4 Å². The fourth-order valence-corrected chi connectivity index (χ4v) is 1.80. The molecule has 0 heterocycles. The Morgan fingerprint density at radius 1 is 1.09 bits per heavy atom. The van der Waals surface area contributed by atoms with Crippen molar-refractivity contribution in [3.8, 4) is 0 Å². The Bertz CT molecular complexity index is 506. The van der Waals surface area contributed by atoms with Crippen molar-refractivity contribution in [2.75, 3.05) is 13.1 Å². The lowest BCUT2D eigenvalue weighted by atomic mass is 10.1. The number of hydrogen-bond donors (Lipinski definition) is 5. The second-order valence-corrected chi connectivity index (χ2v) is 4.63. The van der Waals surface area contributed by atoms with Gasteiger partial charge in [0.05, 0.1) is 6.54 Å². The van der Waals surface area contributed by atoms with Gasteiger partial charge in [-0.15, -0.1) is 0 Å². The third-order valence-corrected chi connectivity index (χ3v) is 2.89. The van der Waals surface area contributed by atoms with Gasteiger partial charge >= 0.3 is 0 Å². The molecule has 8 nitrogen and oxygen atoms in total. The molecule has 3 amide bonds. The minimum Gasteiger partial charge on any atom is -0.347 e. The summed E-state index contributed by atoms with van der Waals surface area (Å²) in [4.78, 5) is 34.8. The third-order valence-electron chi connectivity index (χ3n) is 2.89. The first-order chi connectivity index (χ1) is 10.6. The van der Waals surface area contributed by atoms with Crippen LogP contribution in [0.2, 0.25) is 0 Å². The predicted molar refractivity (Wildman–Crippen MR) is 81.1 cm³/mol. The van der Waals surface area contributed by atoms with E-state index in [1.807, 2.05) is 35.8 Å². The molecule has 0 aliphatic carbocycles. The highest BCUT2D eigenvalue weighted by atomic mass is 16.2. The molecule has 8 heteroatoms. The summed E-state index contributed by atoms with van der Waals surface area (Å²) in [7, 11) is 0. The molecule has 0 aliphatic heterocycles. The van der Waals surface area contributed by atoms with Gasteiger partial charge in [0.25, 0.3) is 5.91 Å². The quantitative estimate of drug-likeness (QED) is 0.218. The van der Waals surface area contributed by atoms with E-state index in [4.69, 9.17) is 11.6 Å². The molecule has 0 radical (unpaired) electrons. The standard InChI is InChI=1S/C14H21N5O3/c15-7-6-12(20)17-9-13(21)18-11(14(22)19-16)8-10-4-2-1-3-5-10/h1-5,11H,6-9,15-16H2,(H,17,20)(H,18,21)(H,19,22). The van der Waals surface area contributed by atoms with Crippen molar-refractivity contribution in [2.45, 2.75) is 18.9 Å². The van der Waals surface area contributed by atoms with Gasteiger partial charge in [-0.2, -0.15) is 0 Å². The highest BCUT2D eigenvalue weighted by Crippen LogP contribution is 2.03. The van der Waals surface area contributed by atoms with Crippen molar-refractivity contribution >= 4 is 17.7 Å². The van der Waals surface area contributed by atoms with E-state index in [2.05, 4.69) is 10.6 Å². The summed E-state index contributed by atoms with van der Waals surface area (Å²) in [6.07, 6.45) is 0.441. The van der Waals surface area contributed by atoms with Gasteiger partial charge in [0.2, 0.25) is 11.8 Å². The lowest BCUT2D eigenvalue weighted by Crippen LogP contribution is -2.52. The molecule has 7 N–H and O–H groups in total. The molecule has 1 atom stereocenters. The predicted octanol–water partition coefficient (Wildman–Crippen LogP) is -1.83. The van der Waals surface area contributed by atoms with E-state index in [1.165, 1.54) is 0 Å². The second kappa shape index (κ2) is 9.48. The van der Waals surface area contributed by atoms with Gasteiger partial charge in [-0.1, -0.05) is 30.3 Å². The first-order valence-corrected chi connectivity index (χ1v) is 6.87. The Balaban J connectivity index is 2.56. The van der Waals surface area contributed by atoms with Crippen LogP contribution < -0.4 is 27.6 Å². The summed E-state index contributed by atoms with van der Waals surface area (Å²) in [5, 5.41) is 4.95. The first kappa shape index (κ1) is 17.6. The summed E-state index contributed by atoms with van der Waals surface area (Å²) in [6, 6.07) is 8.39. The molecule has 1 aromatic carbocycles. The van der Waals surface area contributed by atoms with E-state index in [1.54, 1.807) is 0 Å². The van der Waals surface area contributed by atoms with Crippen molar-refractivity contribution < 1.29 is 14.4 Å². The Morgan fingerprint density at radius 2 is 1.77 bits per heavy atom. The van der Waals surface area contributed by atoms with Crippen LogP contribution in [0.1, 0.15) is 12.0 Å². The smallest absolute Gasteiger partial charge is 0.256 e. The van der Waals surface area contributed by atoms with E-state index in [0.29, 0.717) is 6.42 Å². The van der Waals surface area contributed by atoms with Crippen LogP contribution in [-0.2, 0) is 20.8 Å². The number of carbonyl (C=O) groups is 3. The van der Waals surface area contributed by atoms with Crippen molar-refractivity contribution in [1.29, 1.82) is 0 Å². The number of rotatable bonds is 8. The van der Waals surface area contributed by atoms with Gasteiger partial charge in [0.15, 0.2) is 0 Å². The van der Waals surface area contributed by atoms with Crippen LogP contribution in [0.15, 0.2) is 30.3 Å². The lowest BCUT2D eigenvalue weighted by Gasteiger charge is -2.17. The van der Waals surface area contributed by atoms with Crippen LogP contribution in [0.5, 0.6) is 0 Å². The summed E-state index contributed by atoms with van der Waals surface area (Å²) in [5.74, 6) is 3.82. The van der Waals surface area contributed by atoms with Crippen LogP contribution >= 0.6 is 0 Å². The van der Waals surface area contributed by atoms with Crippen LogP contribution in [0, 0.1) is 0 Å². The van der Waals surface area contributed by atoms with E-state index in [0.717, 1.165) is 5.56 Å². The summed E-state index contributed by atoms with van der Waals surface area (Å²) in [5.41, 5.74) is 8.13. The molecule has 0 spiro atoms. The number of nitrogens with one attached hydrogen (secondary N) is 3. The minimum atomic E-state index is -0.814. The van der Waals surface area contributed by atoms with E-state index >= 15 is 0 Å². The molecule has 0 aliphatic rings. The minimum absolute atomic E-state index is 0.143. The fourth-order valence-electron chi connectivity index (χ4n) is 1.80. The van der Waals surface area contributed by atoms with E-state index in [9.17, 15) is 14.4 Å². The van der Waals surface area contributed by atoms with Gasteiger partial charge in [0.1, 0.15) is 6.04 Å². The lowest BCUT2D eigenvalue weighted by molar-refractivity contribution is -0.129. The van der Waals surface area contributed by atoms with E-state index < -0.39 is 17.9 Å². The topological polar surface area (TPSA) is 139 Å². The Morgan fingerprint density at radius 3 is 2.36 bits per heavy atom. The maximum absolute atomic E-state index is 11.8. The molecule has 0 bridgehead atoms. The zero-order valence-corrected chi connectivity index (χ0v) is 12.2. The van der Waals surface area contributed by atoms with Crippen LogP contribution in [0.3, 0.4) is 0 Å². The van der Waals surface area contributed by atoms with E-state index in [-0.39, 0.29) is 25.4 Å².